The molecular weight excluding hydrogens is 516 g/mol. The Morgan fingerprint density at radius 1 is 1.03 bits per heavy atom. The first kappa shape index (κ1) is 27.3. The molecule has 0 spiro atoms. The largest absolute Gasteiger partial charge is 0.480 e. The van der Waals surface area contributed by atoms with Gasteiger partial charge in [0.05, 0.1) is 44.4 Å². The molecule has 2 aliphatic rings. The van der Waals surface area contributed by atoms with Gasteiger partial charge in [-0.15, -0.1) is 0 Å². The lowest BCUT2D eigenvalue weighted by Crippen LogP contribution is -2.44. The number of hydrogen-bond donors (Lipinski definition) is 1. The number of ether oxygens (including phenoxy) is 3. The van der Waals surface area contributed by atoms with Crippen molar-refractivity contribution in [2.75, 3.05) is 38.1 Å². The van der Waals surface area contributed by atoms with Crippen molar-refractivity contribution in [1.82, 2.24) is 14.9 Å². The van der Waals surface area contributed by atoms with Crippen molar-refractivity contribution < 1.29 is 22.6 Å². The smallest absolute Gasteiger partial charge is 0.267 e. The van der Waals surface area contributed by atoms with Crippen LogP contribution in [0.1, 0.15) is 31.4 Å². The summed E-state index contributed by atoms with van der Waals surface area (Å²) in [5.41, 5.74) is 5.05. The molecule has 2 aliphatic heterocycles. The first-order valence-electron chi connectivity index (χ1n) is 13.1. The van der Waals surface area contributed by atoms with Gasteiger partial charge in [-0.25, -0.2) is 13.4 Å². The van der Waals surface area contributed by atoms with E-state index in [1.165, 1.54) is 18.9 Å². The fourth-order valence-corrected chi connectivity index (χ4v) is 6.26. The number of methoxy groups -OCH3 is 1. The Labute approximate surface area is 229 Å². The van der Waals surface area contributed by atoms with Crippen LogP contribution in [0, 0.1) is 0 Å². The topological polar surface area (TPSA) is 103 Å². The number of benzene rings is 1. The van der Waals surface area contributed by atoms with Gasteiger partial charge in [-0.1, -0.05) is 30.3 Å². The Bertz CT molecular complexity index is 1430. The van der Waals surface area contributed by atoms with Crippen molar-refractivity contribution in [2.24, 2.45) is 0 Å². The lowest BCUT2D eigenvalue weighted by atomic mass is 10.0. The number of nitrogens with one attached hydrogen (secondary N) is 1. The number of sulfonamides is 1. The molecule has 9 nitrogen and oxygen atoms in total. The van der Waals surface area contributed by atoms with E-state index in [1.807, 2.05) is 18.2 Å². The number of pyridine rings is 2. The van der Waals surface area contributed by atoms with Gasteiger partial charge in [-0.05, 0) is 54.7 Å². The Morgan fingerprint density at radius 3 is 2.49 bits per heavy atom. The third-order valence-corrected chi connectivity index (χ3v) is 8.19. The molecule has 0 radical (unpaired) electrons. The van der Waals surface area contributed by atoms with E-state index in [2.05, 4.69) is 45.6 Å². The van der Waals surface area contributed by atoms with Crippen LogP contribution in [0.25, 0.3) is 16.7 Å². The number of nitrogens with zero attached hydrogens (tertiary/aromatic N) is 3. The van der Waals surface area contributed by atoms with E-state index in [0.29, 0.717) is 25.3 Å². The molecular formula is C29H34N4O5S. The van der Waals surface area contributed by atoms with Gasteiger partial charge in [0.15, 0.2) is 0 Å². The zero-order valence-electron chi connectivity index (χ0n) is 22.5. The van der Waals surface area contributed by atoms with Gasteiger partial charge in [0.1, 0.15) is 4.90 Å². The molecule has 39 heavy (non-hydrogen) atoms. The van der Waals surface area contributed by atoms with Crippen LogP contribution >= 0.6 is 0 Å². The second kappa shape index (κ2) is 11.8. The summed E-state index contributed by atoms with van der Waals surface area (Å²) in [6.45, 7) is 7.96. The molecule has 0 unspecified atom stereocenters. The molecule has 0 aliphatic carbocycles. The standard InChI is InChI=1S/C29H34N4O5S/c1-20-17-33(18-21(2)38-20)19-22-4-6-23(7-5-22)25-12-27(16-30-14-25)32-39(34,35)28-13-26(15-31-29(28)36-3)24-8-10-37-11-9-24/h4-8,12-16,20-21,32H,9-11,17-19H2,1-3H3/t20-,21+. The molecule has 4 heterocycles. The van der Waals surface area contributed by atoms with Crippen molar-refractivity contribution in [2.45, 2.75) is 43.9 Å². The summed E-state index contributed by atoms with van der Waals surface area (Å²) in [4.78, 5) is 10.9. The summed E-state index contributed by atoms with van der Waals surface area (Å²) in [5, 5.41) is 0. The van der Waals surface area contributed by atoms with Gasteiger partial charge in [0.25, 0.3) is 10.0 Å². The summed E-state index contributed by atoms with van der Waals surface area (Å²) in [6, 6.07) is 11.6. The molecule has 2 aromatic heterocycles. The summed E-state index contributed by atoms with van der Waals surface area (Å²) >= 11 is 0. The first-order valence-corrected chi connectivity index (χ1v) is 14.6. The van der Waals surface area contributed by atoms with Crippen molar-refractivity contribution in [3.8, 4) is 17.0 Å². The third-order valence-electron chi connectivity index (χ3n) is 6.81. The summed E-state index contributed by atoms with van der Waals surface area (Å²) < 4.78 is 46.0. The fraction of sp³-hybridized carbons (Fsp3) is 0.379. The minimum absolute atomic E-state index is 0.0302. The normalized spacial score (nSPS) is 20.3. The lowest BCUT2D eigenvalue weighted by molar-refractivity contribution is -0.0704. The van der Waals surface area contributed by atoms with E-state index >= 15 is 0 Å². The van der Waals surface area contributed by atoms with Crippen LogP contribution in [0.2, 0.25) is 0 Å². The highest BCUT2D eigenvalue weighted by atomic mass is 32.2. The van der Waals surface area contributed by atoms with Gasteiger partial charge >= 0.3 is 0 Å². The number of aromatic nitrogens is 2. The molecule has 206 valence electrons. The summed E-state index contributed by atoms with van der Waals surface area (Å²) in [6.07, 6.45) is 7.92. The maximum absolute atomic E-state index is 13.4. The highest BCUT2D eigenvalue weighted by Crippen LogP contribution is 2.30. The molecule has 1 N–H and O–H groups in total. The van der Waals surface area contributed by atoms with Crippen molar-refractivity contribution >= 4 is 21.3 Å². The van der Waals surface area contributed by atoms with Crippen molar-refractivity contribution in [3.05, 3.63) is 72.2 Å². The molecule has 10 heteroatoms. The molecule has 2 atom stereocenters. The zero-order valence-corrected chi connectivity index (χ0v) is 23.3. The van der Waals surface area contributed by atoms with Gasteiger partial charge in [-0.3, -0.25) is 14.6 Å². The van der Waals surface area contributed by atoms with Crippen LogP contribution in [0.3, 0.4) is 0 Å². The third kappa shape index (κ3) is 6.65. The number of morpholine rings is 1. The highest BCUT2D eigenvalue weighted by Gasteiger charge is 2.24. The molecule has 0 bridgehead atoms. The average Bonchev–Trinajstić information content (AvgIpc) is 2.93. The van der Waals surface area contributed by atoms with E-state index in [9.17, 15) is 8.42 Å². The van der Waals surface area contributed by atoms with Crippen LogP contribution < -0.4 is 9.46 Å². The van der Waals surface area contributed by atoms with Gasteiger partial charge in [0, 0.05) is 37.6 Å². The molecule has 0 amide bonds. The van der Waals surface area contributed by atoms with Crippen molar-refractivity contribution in [3.63, 3.8) is 0 Å². The van der Waals surface area contributed by atoms with Crippen LogP contribution in [-0.2, 0) is 26.0 Å². The second-order valence-electron chi connectivity index (χ2n) is 10.0. The van der Waals surface area contributed by atoms with Gasteiger partial charge < -0.3 is 14.2 Å². The number of anilines is 1. The molecule has 5 rings (SSSR count). The lowest BCUT2D eigenvalue weighted by Gasteiger charge is -2.35. The van der Waals surface area contributed by atoms with E-state index in [-0.39, 0.29) is 23.0 Å². The SMILES string of the molecule is COc1ncc(C2=CCOCC2)cc1S(=O)(=O)Nc1cncc(-c2ccc(CN3C[C@@H](C)O[C@@H](C)C3)cc2)c1. The number of rotatable bonds is 8. The average molecular weight is 551 g/mol. The Balaban J connectivity index is 1.33. The second-order valence-corrected chi connectivity index (χ2v) is 11.7. The van der Waals surface area contributed by atoms with Crippen LogP contribution in [0.5, 0.6) is 5.88 Å². The van der Waals surface area contributed by atoms with Gasteiger partial charge in [0.2, 0.25) is 5.88 Å². The Hall–Kier alpha value is -3.31. The zero-order chi connectivity index (χ0) is 27.4. The predicted molar refractivity (Wildman–Crippen MR) is 150 cm³/mol. The van der Waals surface area contributed by atoms with Crippen LogP contribution in [-0.4, -0.2) is 68.9 Å². The maximum Gasteiger partial charge on any atom is 0.267 e. The first-order chi connectivity index (χ1) is 18.8. The summed E-state index contributed by atoms with van der Waals surface area (Å²) in [5.74, 6) is 0.0302. The fourth-order valence-electron chi connectivity index (χ4n) is 5.08. The van der Waals surface area contributed by atoms with E-state index in [4.69, 9.17) is 14.2 Å². The molecule has 3 aromatic rings. The quantitative estimate of drug-likeness (QED) is 0.441. The van der Waals surface area contributed by atoms with Crippen molar-refractivity contribution in [1.29, 1.82) is 0 Å². The minimum Gasteiger partial charge on any atom is -0.480 e. The highest BCUT2D eigenvalue weighted by molar-refractivity contribution is 7.92. The molecule has 0 saturated carbocycles. The van der Waals surface area contributed by atoms with Crippen LogP contribution in [0.4, 0.5) is 5.69 Å². The van der Waals surface area contributed by atoms with E-state index < -0.39 is 10.0 Å². The van der Waals surface area contributed by atoms with E-state index in [1.54, 1.807) is 24.5 Å². The predicted octanol–water partition coefficient (Wildman–Crippen LogP) is 4.37. The maximum atomic E-state index is 13.4. The Kier molecular flexibility index (Phi) is 8.27. The van der Waals surface area contributed by atoms with E-state index in [0.717, 1.165) is 41.9 Å². The summed E-state index contributed by atoms with van der Waals surface area (Å²) in [7, 11) is -2.60. The Morgan fingerprint density at radius 2 is 1.79 bits per heavy atom. The monoisotopic (exact) mass is 550 g/mol. The minimum atomic E-state index is -4.00. The number of hydrogen-bond acceptors (Lipinski definition) is 8. The molecule has 1 fully saturated rings. The van der Waals surface area contributed by atoms with Crippen LogP contribution in [0.15, 0.2) is 66.0 Å². The molecule has 1 saturated heterocycles. The molecule has 1 aromatic carbocycles. The van der Waals surface area contributed by atoms with Gasteiger partial charge in [-0.2, -0.15) is 0 Å².